The monoisotopic (exact) mass is 358 g/mol. The molecule has 3 aromatic rings. The van der Waals surface area contributed by atoms with Crippen LogP contribution < -0.4 is 5.43 Å². The predicted molar refractivity (Wildman–Crippen MR) is 87.0 cm³/mol. The molecule has 0 atom stereocenters. The average Bonchev–Trinajstić information content (AvgIpc) is 2.98. The van der Waals surface area contributed by atoms with Gasteiger partial charge in [-0.05, 0) is 36.4 Å². The van der Waals surface area contributed by atoms with Gasteiger partial charge in [0, 0.05) is 15.6 Å². The highest BCUT2D eigenvalue weighted by atomic mass is 79.9. The second-order valence-electron chi connectivity index (χ2n) is 4.54. The summed E-state index contributed by atoms with van der Waals surface area (Å²) in [6.45, 7) is 0. The molecule has 0 aliphatic heterocycles. The number of imidazole rings is 1. The zero-order valence-corrected chi connectivity index (χ0v) is 12.8. The summed E-state index contributed by atoms with van der Waals surface area (Å²) in [4.78, 5) is 19.1. The van der Waals surface area contributed by atoms with Crippen molar-refractivity contribution in [1.82, 2.24) is 15.4 Å². The van der Waals surface area contributed by atoms with E-state index in [1.54, 1.807) is 42.7 Å². The van der Waals surface area contributed by atoms with Gasteiger partial charge in [0.25, 0.3) is 5.91 Å². The number of fused-ring (bicyclic) bond motifs is 1. The zero-order chi connectivity index (χ0) is 15.5. The molecule has 0 fully saturated rings. The number of carbonyl (C=O) groups is 1. The summed E-state index contributed by atoms with van der Waals surface area (Å²) in [6.07, 6.45) is 2.95. The lowest BCUT2D eigenvalue weighted by Gasteiger charge is -2.01. The smallest absolute Gasteiger partial charge is 0.271 e. The van der Waals surface area contributed by atoms with E-state index in [0.29, 0.717) is 11.1 Å². The molecule has 2 aromatic carbocycles. The number of phenols is 1. The van der Waals surface area contributed by atoms with Crippen molar-refractivity contribution in [1.29, 1.82) is 0 Å². The third-order valence-electron chi connectivity index (χ3n) is 3.04. The molecule has 1 heterocycles. The van der Waals surface area contributed by atoms with E-state index in [1.165, 1.54) is 6.21 Å². The van der Waals surface area contributed by atoms with E-state index in [1.807, 2.05) is 0 Å². The van der Waals surface area contributed by atoms with Gasteiger partial charge in [-0.3, -0.25) is 4.79 Å². The van der Waals surface area contributed by atoms with Crippen LogP contribution in [0.4, 0.5) is 0 Å². The Bertz CT molecular complexity index is 873. The van der Waals surface area contributed by atoms with Gasteiger partial charge in [0.05, 0.1) is 23.6 Å². The van der Waals surface area contributed by atoms with E-state index in [9.17, 15) is 9.90 Å². The Morgan fingerprint density at radius 2 is 2.18 bits per heavy atom. The fourth-order valence-electron chi connectivity index (χ4n) is 1.93. The van der Waals surface area contributed by atoms with E-state index < -0.39 is 0 Å². The molecule has 1 aromatic heterocycles. The summed E-state index contributed by atoms with van der Waals surface area (Å²) in [7, 11) is 0. The molecule has 0 aliphatic carbocycles. The highest BCUT2D eigenvalue weighted by molar-refractivity contribution is 9.10. The Balaban J connectivity index is 1.73. The van der Waals surface area contributed by atoms with E-state index in [-0.39, 0.29) is 11.7 Å². The van der Waals surface area contributed by atoms with Crippen LogP contribution in [0.5, 0.6) is 5.75 Å². The Kier molecular flexibility index (Phi) is 3.88. The number of nitrogens with zero attached hydrogens (tertiary/aromatic N) is 2. The number of rotatable bonds is 3. The van der Waals surface area contributed by atoms with Crippen LogP contribution in [0.1, 0.15) is 15.9 Å². The van der Waals surface area contributed by atoms with Gasteiger partial charge in [0.2, 0.25) is 0 Å². The topological polar surface area (TPSA) is 90.4 Å². The van der Waals surface area contributed by atoms with Gasteiger partial charge in [0.1, 0.15) is 5.75 Å². The van der Waals surface area contributed by atoms with Crippen molar-refractivity contribution >= 4 is 39.1 Å². The number of phenolic OH excluding ortho intramolecular Hbond substituents is 1. The Hall–Kier alpha value is -2.67. The minimum atomic E-state index is -0.345. The number of halogens is 1. The normalized spacial score (nSPS) is 11.1. The number of H-pyrrole nitrogens is 1. The van der Waals surface area contributed by atoms with Crippen LogP contribution in [0, 0.1) is 0 Å². The number of hydrogen-bond donors (Lipinski definition) is 3. The van der Waals surface area contributed by atoms with E-state index in [0.717, 1.165) is 15.5 Å². The second kappa shape index (κ2) is 5.98. The minimum Gasteiger partial charge on any atom is -0.507 e. The van der Waals surface area contributed by atoms with Crippen molar-refractivity contribution in [2.24, 2.45) is 5.10 Å². The molecule has 3 N–H and O–H groups in total. The van der Waals surface area contributed by atoms with Crippen molar-refractivity contribution in [3.05, 3.63) is 58.3 Å². The molecular weight excluding hydrogens is 348 g/mol. The van der Waals surface area contributed by atoms with E-state index >= 15 is 0 Å². The summed E-state index contributed by atoms with van der Waals surface area (Å²) >= 11 is 3.30. The molecule has 0 saturated carbocycles. The summed E-state index contributed by atoms with van der Waals surface area (Å²) in [5, 5.41) is 13.5. The molecule has 6 nitrogen and oxygen atoms in total. The molecule has 1 amide bonds. The number of benzene rings is 2. The molecule has 0 radical (unpaired) electrons. The van der Waals surface area contributed by atoms with Gasteiger partial charge >= 0.3 is 0 Å². The molecule has 7 heteroatoms. The van der Waals surface area contributed by atoms with Crippen molar-refractivity contribution in [3.63, 3.8) is 0 Å². The first-order chi connectivity index (χ1) is 10.6. The van der Waals surface area contributed by atoms with Crippen LogP contribution in [0.15, 0.2) is 52.3 Å². The maximum atomic E-state index is 12.0. The summed E-state index contributed by atoms with van der Waals surface area (Å²) in [5.74, 6) is -0.262. The summed E-state index contributed by atoms with van der Waals surface area (Å²) < 4.78 is 0.808. The second-order valence-corrected chi connectivity index (χ2v) is 5.45. The number of hydrogen-bond acceptors (Lipinski definition) is 4. The third kappa shape index (κ3) is 2.99. The summed E-state index contributed by atoms with van der Waals surface area (Å²) in [6, 6.07) is 10.1. The standard InChI is InChI=1S/C15H11BrN4O2/c16-11-2-4-14(21)10(5-11)7-19-20-15(22)9-1-3-12-13(6-9)18-8-17-12/h1-8,21H,(H,17,18)(H,20,22). The number of amides is 1. The first-order valence-corrected chi connectivity index (χ1v) is 7.18. The lowest BCUT2D eigenvalue weighted by molar-refractivity contribution is 0.0955. The molecule has 0 aliphatic rings. The Morgan fingerprint density at radius 3 is 3.05 bits per heavy atom. The Morgan fingerprint density at radius 1 is 1.32 bits per heavy atom. The number of aromatic amines is 1. The van der Waals surface area contributed by atoms with Crippen LogP contribution >= 0.6 is 15.9 Å². The number of carbonyl (C=O) groups excluding carboxylic acids is 1. The van der Waals surface area contributed by atoms with Crippen molar-refractivity contribution in [3.8, 4) is 5.75 Å². The average molecular weight is 359 g/mol. The SMILES string of the molecule is O=C(NN=Cc1cc(Br)ccc1O)c1ccc2nc[nH]c2c1. The quantitative estimate of drug-likeness (QED) is 0.496. The molecule has 0 saturated heterocycles. The van der Waals surface area contributed by atoms with Crippen molar-refractivity contribution in [2.45, 2.75) is 0 Å². The lowest BCUT2D eigenvalue weighted by atomic mass is 10.2. The number of hydrazone groups is 1. The van der Waals surface area contributed by atoms with Gasteiger partial charge in [-0.15, -0.1) is 0 Å². The molecule has 110 valence electrons. The maximum Gasteiger partial charge on any atom is 0.271 e. The van der Waals surface area contributed by atoms with Gasteiger partial charge in [0.15, 0.2) is 0 Å². The first kappa shape index (κ1) is 14.3. The van der Waals surface area contributed by atoms with Gasteiger partial charge in [-0.25, -0.2) is 10.4 Å². The van der Waals surface area contributed by atoms with Gasteiger partial charge in [-0.1, -0.05) is 15.9 Å². The molecule has 22 heavy (non-hydrogen) atoms. The fourth-order valence-corrected chi connectivity index (χ4v) is 2.31. The number of aromatic hydroxyl groups is 1. The van der Waals surface area contributed by atoms with Crippen LogP contribution in [-0.2, 0) is 0 Å². The maximum absolute atomic E-state index is 12.0. The number of nitrogens with one attached hydrogen (secondary N) is 2. The summed E-state index contributed by atoms with van der Waals surface area (Å²) in [5.41, 5.74) is 4.95. The fraction of sp³-hybridized carbons (Fsp3) is 0. The molecule has 3 rings (SSSR count). The van der Waals surface area contributed by atoms with Gasteiger partial charge in [-0.2, -0.15) is 5.10 Å². The van der Waals surface area contributed by atoms with Crippen LogP contribution in [0.25, 0.3) is 11.0 Å². The highest BCUT2D eigenvalue weighted by Crippen LogP contribution is 2.20. The van der Waals surface area contributed by atoms with E-state index in [4.69, 9.17) is 0 Å². The van der Waals surface area contributed by atoms with Crippen LogP contribution in [-0.4, -0.2) is 27.2 Å². The predicted octanol–water partition coefficient (Wildman–Crippen LogP) is 2.79. The molecule has 0 spiro atoms. The first-order valence-electron chi connectivity index (χ1n) is 6.38. The minimum absolute atomic E-state index is 0.0834. The number of aromatic nitrogens is 2. The van der Waals surface area contributed by atoms with Crippen molar-refractivity contribution in [2.75, 3.05) is 0 Å². The third-order valence-corrected chi connectivity index (χ3v) is 3.53. The van der Waals surface area contributed by atoms with E-state index in [2.05, 4.69) is 36.4 Å². The highest BCUT2D eigenvalue weighted by Gasteiger charge is 2.06. The van der Waals surface area contributed by atoms with Gasteiger partial charge < -0.3 is 10.1 Å². The molecule has 0 bridgehead atoms. The molecule has 0 unspecified atom stereocenters. The Labute approximate surface area is 134 Å². The van der Waals surface area contributed by atoms with Crippen LogP contribution in [0.2, 0.25) is 0 Å². The lowest BCUT2D eigenvalue weighted by Crippen LogP contribution is -2.17. The zero-order valence-electron chi connectivity index (χ0n) is 11.2. The largest absolute Gasteiger partial charge is 0.507 e. The molecular formula is C15H11BrN4O2. The van der Waals surface area contributed by atoms with Crippen molar-refractivity contribution < 1.29 is 9.90 Å². The van der Waals surface area contributed by atoms with Crippen LogP contribution in [0.3, 0.4) is 0 Å².